The number of aryl methyl sites for hydroxylation is 1. The molecule has 0 bridgehead atoms. The first-order chi connectivity index (χ1) is 9.20. The van der Waals surface area contributed by atoms with Crippen LogP contribution in [-0.4, -0.2) is 27.2 Å². The van der Waals surface area contributed by atoms with E-state index in [2.05, 4.69) is 15.5 Å². The number of nitriles is 1. The number of amides is 1. The predicted molar refractivity (Wildman–Crippen MR) is 68.2 cm³/mol. The van der Waals surface area contributed by atoms with Crippen LogP contribution in [0.2, 0.25) is 0 Å². The van der Waals surface area contributed by atoms with Gasteiger partial charge in [0.25, 0.3) is 5.91 Å². The van der Waals surface area contributed by atoms with Gasteiger partial charge in [-0.1, -0.05) is 0 Å². The number of hydrogen-bond acceptors (Lipinski definition) is 4. The van der Waals surface area contributed by atoms with Gasteiger partial charge >= 0.3 is 0 Å². The van der Waals surface area contributed by atoms with Crippen LogP contribution in [0.5, 0.6) is 0 Å². The second-order valence-electron chi connectivity index (χ2n) is 4.05. The number of nitrogens with zero attached hydrogens (tertiary/aromatic N) is 4. The standard InChI is InChI=1S/C13H13N5O/c1-18-9-16-17-12(18)6-7-15-13(19)11-4-2-10(8-14)3-5-11/h2-5,9H,6-7H2,1H3,(H,15,19). The molecule has 96 valence electrons. The van der Waals surface area contributed by atoms with Gasteiger partial charge in [-0.2, -0.15) is 5.26 Å². The highest BCUT2D eigenvalue weighted by molar-refractivity contribution is 5.94. The molecule has 0 aliphatic rings. The van der Waals surface area contributed by atoms with Gasteiger partial charge < -0.3 is 9.88 Å². The first-order valence-corrected chi connectivity index (χ1v) is 5.82. The Kier molecular flexibility index (Phi) is 3.88. The Balaban J connectivity index is 1.87. The zero-order valence-electron chi connectivity index (χ0n) is 10.5. The number of carbonyl (C=O) groups is 1. The number of rotatable bonds is 4. The second kappa shape index (κ2) is 5.78. The zero-order chi connectivity index (χ0) is 13.7. The van der Waals surface area contributed by atoms with E-state index >= 15 is 0 Å². The maximum absolute atomic E-state index is 11.8. The number of nitrogens with one attached hydrogen (secondary N) is 1. The molecule has 0 unspecified atom stereocenters. The second-order valence-corrected chi connectivity index (χ2v) is 4.05. The molecule has 0 fully saturated rings. The summed E-state index contributed by atoms with van der Waals surface area (Å²) in [5.74, 6) is 0.659. The van der Waals surface area contributed by atoms with Crippen LogP contribution in [0.1, 0.15) is 21.7 Å². The van der Waals surface area contributed by atoms with Gasteiger partial charge in [-0.3, -0.25) is 4.79 Å². The summed E-state index contributed by atoms with van der Waals surface area (Å²) in [6.45, 7) is 0.491. The number of benzene rings is 1. The number of carbonyl (C=O) groups excluding carboxylic acids is 1. The monoisotopic (exact) mass is 255 g/mol. The summed E-state index contributed by atoms with van der Waals surface area (Å²) >= 11 is 0. The summed E-state index contributed by atoms with van der Waals surface area (Å²) in [5.41, 5.74) is 1.08. The lowest BCUT2D eigenvalue weighted by atomic mass is 10.1. The molecule has 0 aliphatic heterocycles. The van der Waals surface area contributed by atoms with E-state index in [4.69, 9.17) is 5.26 Å². The van der Waals surface area contributed by atoms with Crippen LogP contribution in [0.15, 0.2) is 30.6 Å². The van der Waals surface area contributed by atoms with Crippen LogP contribution in [-0.2, 0) is 13.5 Å². The molecule has 0 saturated carbocycles. The minimum atomic E-state index is -0.161. The predicted octanol–water partition coefficient (Wildman–Crippen LogP) is 0.659. The van der Waals surface area contributed by atoms with Crippen LogP contribution in [0.3, 0.4) is 0 Å². The first kappa shape index (κ1) is 12.8. The van der Waals surface area contributed by atoms with E-state index in [1.807, 2.05) is 17.7 Å². The summed E-state index contributed by atoms with van der Waals surface area (Å²) in [6.07, 6.45) is 2.25. The smallest absolute Gasteiger partial charge is 0.251 e. The van der Waals surface area contributed by atoms with E-state index in [-0.39, 0.29) is 5.91 Å². The molecule has 1 amide bonds. The maximum Gasteiger partial charge on any atom is 0.251 e. The van der Waals surface area contributed by atoms with Crippen molar-refractivity contribution in [1.82, 2.24) is 20.1 Å². The van der Waals surface area contributed by atoms with Gasteiger partial charge in [0.1, 0.15) is 12.2 Å². The lowest BCUT2D eigenvalue weighted by molar-refractivity contribution is 0.0954. The van der Waals surface area contributed by atoms with Gasteiger partial charge in [-0.15, -0.1) is 10.2 Å². The third kappa shape index (κ3) is 3.16. The normalized spacial score (nSPS) is 9.89. The number of aromatic nitrogens is 3. The van der Waals surface area contributed by atoms with Crippen molar-refractivity contribution >= 4 is 5.91 Å². The van der Waals surface area contributed by atoms with Gasteiger partial charge in [0.05, 0.1) is 11.6 Å². The molecule has 0 atom stereocenters. The number of hydrogen-bond donors (Lipinski definition) is 1. The topological polar surface area (TPSA) is 83.6 Å². The van der Waals surface area contributed by atoms with Gasteiger partial charge in [-0.25, -0.2) is 0 Å². The Hall–Kier alpha value is -2.68. The highest BCUT2D eigenvalue weighted by Gasteiger charge is 2.06. The van der Waals surface area contributed by atoms with Crippen LogP contribution in [0.25, 0.3) is 0 Å². The minimum Gasteiger partial charge on any atom is -0.352 e. The highest BCUT2D eigenvalue weighted by Crippen LogP contribution is 2.03. The molecular formula is C13H13N5O. The van der Waals surface area contributed by atoms with E-state index in [1.165, 1.54) is 0 Å². The van der Waals surface area contributed by atoms with Crippen molar-refractivity contribution in [3.05, 3.63) is 47.5 Å². The first-order valence-electron chi connectivity index (χ1n) is 5.82. The van der Waals surface area contributed by atoms with Crippen molar-refractivity contribution in [3.63, 3.8) is 0 Å². The molecule has 2 aromatic rings. The fraction of sp³-hybridized carbons (Fsp3) is 0.231. The Bertz CT molecular complexity index is 609. The molecule has 1 aromatic heterocycles. The molecule has 0 aliphatic carbocycles. The SMILES string of the molecule is Cn1cnnc1CCNC(=O)c1ccc(C#N)cc1. The van der Waals surface area contributed by atoms with E-state index in [0.717, 1.165) is 5.82 Å². The molecule has 0 saturated heterocycles. The van der Waals surface area contributed by atoms with E-state index in [0.29, 0.717) is 24.1 Å². The van der Waals surface area contributed by atoms with Gasteiger partial charge in [0.2, 0.25) is 0 Å². The minimum absolute atomic E-state index is 0.161. The van der Waals surface area contributed by atoms with Gasteiger partial charge in [0, 0.05) is 25.6 Å². The molecule has 1 N–H and O–H groups in total. The molecule has 2 rings (SSSR count). The van der Waals surface area contributed by atoms with Crippen molar-refractivity contribution in [1.29, 1.82) is 5.26 Å². The quantitative estimate of drug-likeness (QED) is 0.869. The zero-order valence-corrected chi connectivity index (χ0v) is 10.5. The largest absolute Gasteiger partial charge is 0.352 e. The molecule has 0 radical (unpaired) electrons. The van der Waals surface area contributed by atoms with Gasteiger partial charge in [0.15, 0.2) is 0 Å². The fourth-order valence-corrected chi connectivity index (χ4v) is 1.62. The molecule has 6 heteroatoms. The van der Waals surface area contributed by atoms with Crippen LogP contribution in [0.4, 0.5) is 0 Å². The summed E-state index contributed by atoms with van der Waals surface area (Å²) in [7, 11) is 1.86. The van der Waals surface area contributed by atoms with E-state index in [9.17, 15) is 4.79 Å². The Morgan fingerprint density at radius 1 is 1.42 bits per heavy atom. The van der Waals surface area contributed by atoms with Crippen LogP contribution in [0, 0.1) is 11.3 Å². The third-order valence-electron chi connectivity index (χ3n) is 2.72. The lowest BCUT2D eigenvalue weighted by Crippen LogP contribution is -2.26. The Labute approximate surface area is 110 Å². The van der Waals surface area contributed by atoms with Crippen LogP contribution >= 0.6 is 0 Å². The molecule has 19 heavy (non-hydrogen) atoms. The Morgan fingerprint density at radius 3 is 2.74 bits per heavy atom. The lowest BCUT2D eigenvalue weighted by Gasteiger charge is -2.04. The summed E-state index contributed by atoms with van der Waals surface area (Å²) < 4.78 is 1.81. The highest BCUT2D eigenvalue weighted by atomic mass is 16.1. The molecule has 0 spiro atoms. The van der Waals surface area contributed by atoms with Crippen molar-refractivity contribution in [2.45, 2.75) is 6.42 Å². The average Bonchev–Trinajstić information content (AvgIpc) is 2.84. The van der Waals surface area contributed by atoms with Crippen molar-refractivity contribution < 1.29 is 4.79 Å². The van der Waals surface area contributed by atoms with Crippen LogP contribution < -0.4 is 5.32 Å². The van der Waals surface area contributed by atoms with Crippen molar-refractivity contribution in [3.8, 4) is 6.07 Å². The molecular weight excluding hydrogens is 242 g/mol. The van der Waals surface area contributed by atoms with E-state index < -0.39 is 0 Å². The van der Waals surface area contributed by atoms with Crippen molar-refractivity contribution in [2.24, 2.45) is 7.05 Å². The van der Waals surface area contributed by atoms with E-state index in [1.54, 1.807) is 30.6 Å². The molecule has 6 nitrogen and oxygen atoms in total. The summed E-state index contributed by atoms with van der Waals surface area (Å²) in [5, 5.41) is 19.2. The third-order valence-corrected chi connectivity index (χ3v) is 2.72. The molecule has 1 heterocycles. The maximum atomic E-state index is 11.8. The summed E-state index contributed by atoms with van der Waals surface area (Å²) in [4.78, 5) is 11.8. The fourth-order valence-electron chi connectivity index (χ4n) is 1.62. The average molecular weight is 255 g/mol. The summed E-state index contributed by atoms with van der Waals surface area (Å²) in [6, 6.07) is 8.53. The van der Waals surface area contributed by atoms with Gasteiger partial charge in [-0.05, 0) is 24.3 Å². The van der Waals surface area contributed by atoms with Crippen molar-refractivity contribution in [2.75, 3.05) is 6.54 Å². The Morgan fingerprint density at radius 2 is 2.16 bits per heavy atom. The molecule has 1 aromatic carbocycles.